The van der Waals surface area contributed by atoms with Crippen LogP contribution in [0.4, 0.5) is 9.39 Å². The van der Waals surface area contributed by atoms with Gasteiger partial charge in [-0.25, -0.2) is 4.39 Å². The van der Waals surface area contributed by atoms with Crippen LogP contribution >= 0.6 is 11.3 Å². The van der Waals surface area contributed by atoms with Gasteiger partial charge in [0.05, 0.1) is 5.56 Å². The zero-order chi connectivity index (χ0) is 14.7. The molecule has 20 heavy (non-hydrogen) atoms. The second-order valence-electron chi connectivity index (χ2n) is 4.27. The van der Waals surface area contributed by atoms with Crippen LogP contribution in [-0.2, 0) is 6.42 Å². The number of hydrogen-bond acceptors (Lipinski definition) is 3. The van der Waals surface area contributed by atoms with Gasteiger partial charge in [-0.1, -0.05) is 13.0 Å². The lowest BCUT2D eigenvalue weighted by Gasteiger charge is -2.03. The van der Waals surface area contributed by atoms with Gasteiger partial charge in [0.15, 0.2) is 0 Å². The zero-order valence-electron chi connectivity index (χ0n) is 11.2. The van der Waals surface area contributed by atoms with Gasteiger partial charge >= 0.3 is 0 Å². The van der Waals surface area contributed by atoms with Crippen LogP contribution < -0.4 is 5.32 Å². The number of carbonyl (C=O) groups is 1. The van der Waals surface area contributed by atoms with Crippen molar-refractivity contribution < 1.29 is 9.18 Å². The van der Waals surface area contributed by atoms with E-state index in [1.807, 2.05) is 13.8 Å². The predicted octanol–water partition coefficient (Wildman–Crippen LogP) is 3.88. The quantitative estimate of drug-likeness (QED) is 0.931. The molecule has 0 spiro atoms. The van der Waals surface area contributed by atoms with Crippen molar-refractivity contribution >= 4 is 22.2 Å². The number of rotatable bonds is 3. The average molecular weight is 288 g/mol. The van der Waals surface area contributed by atoms with Gasteiger partial charge in [-0.15, -0.1) is 11.3 Å². The predicted molar refractivity (Wildman–Crippen MR) is 77.5 cm³/mol. The molecule has 1 amide bonds. The summed E-state index contributed by atoms with van der Waals surface area (Å²) < 4.78 is 13.1. The number of nitrogens with one attached hydrogen (secondary N) is 1. The molecule has 0 saturated carbocycles. The number of nitrogens with zero attached hydrogens (tertiary/aromatic N) is 1. The van der Waals surface area contributed by atoms with Gasteiger partial charge in [-0.3, -0.25) is 4.79 Å². The molecule has 5 heteroatoms. The van der Waals surface area contributed by atoms with Crippen molar-refractivity contribution in [3.63, 3.8) is 0 Å². The average Bonchev–Trinajstić information content (AvgIpc) is 2.73. The normalized spacial score (nSPS) is 10.1. The molecule has 0 aliphatic rings. The van der Waals surface area contributed by atoms with Crippen LogP contribution in [-0.4, -0.2) is 5.91 Å². The highest BCUT2D eigenvalue weighted by atomic mass is 32.1. The van der Waals surface area contributed by atoms with Gasteiger partial charge < -0.3 is 5.32 Å². The topological polar surface area (TPSA) is 52.9 Å². The number of thiophene rings is 1. The first-order valence-corrected chi connectivity index (χ1v) is 6.97. The van der Waals surface area contributed by atoms with Gasteiger partial charge in [0.1, 0.15) is 16.9 Å². The van der Waals surface area contributed by atoms with Gasteiger partial charge in [-0.05, 0) is 37.1 Å². The molecule has 0 saturated heterocycles. The molecule has 0 atom stereocenters. The minimum atomic E-state index is -0.463. The molecule has 1 aromatic carbocycles. The molecule has 1 aromatic heterocycles. The molecular formula is C15H13FN2OS. The summed E-state index contributed by atoms with van der Waals surface area (Å²) in [5.41, 5.74) is 1.68. The van der Waals surface area contributed by atoms with Crippen molar-refractivity contribution in [3.8, 4) is 6.07 Å². The Morgan fingerprint density at radius 3 is 2.85 bits per heavy atom. The third-order valence-electron chi connectivity index (χ3n) is 2.99. The SMILES string of the molecule is CCc1c(C)sc(NC(=O)c2cccc(F)c2)c1C#N. The second-order valence-corrected chi connectivity index (χ2v) is 5.50. The van der Waals surface area contributed by atoms with E-state index in [-0.39, 0.29) is 5.56 Å². The molecule has 2 rings (SSSR count). The summed E-state index contributed by atoms with van der Waals surface area (Å²) in [4.78, 5) is 13.1. The van der Waals surface area contributed by atoms with Crippen molar-refractivity contribution in [1.82, 2.24) is 0 Å². The number of nitriles is 1. The third kappa shape index (κ3) is 2.70. The standard InChI is InChI=1S/C15H13FN2OS/c1-3-12-9(2)20-15(13(12)8-17)18-14(19)10-5-4-6-11(16)7-10/h4-7H,3H2,1-2H3,(H,18,19). The highest BCUT2D eigenvalue weighted by Gasteiger charge is 2.17. The summed E-state index contributed by atoms with van der Waals surface area (Å²) in [7, 11) is 0. The Morgan fingerprint density at radius 1 is 1.50 bits per heavy atom. The second kappa shape index (κ2) is 5.85. The van der Waals surface area contributed by atoms with Crippen molar-refractivity contribution in [2.45, 2.75) is 20.3 Å². The maximum Gasteiger partial charge on any atom is 0.256 e. The summed E-state index contributed by atoms with van der Waals surface area (Å²) in [5.74, 6) is -0.875. The third-order valence-corrected chi connectivity index (χ3v) is 4.05. The molecule has 0 unspecified atom stereocenters. The van der Waals surface area contributed by atoms with Crippen LogP contribution in [0.15, 0.2) is 24.3 Å². The van der Waals surface area contributed by atoms with Crippen LogP contribution in [0, 0.1) is 24.1 Å². The van der Waals surface area contributed by atoms with Crippen molar-refractivity contribution in [2.24, 2.45) is 0 Å². The Bertz CT molecular complexity index is 700. The van der Waals surface area contributed by atoms with Crippen LogP contribution in [0.2, 0.25) is 0 Å². The van der Waals surface area contributed by atoms with Crippen molar-refractivity contribution in [3.05, 3.63) is 51.7 Å². The molecule has 0 bridgehead atoms. The number of hydrogen-bond donors (Lipinski definition) is 1. The van der Waals surface area contributed by atoms with E-state index in [1.54, 1.807) is 0 Å². The number of carbonyl (C=O) groups excluding carboxylic acids is 1. The summed E-state index contributed by atoms with van der Waals surface area (Å²) in [6.45, 7) is 3.89. The first-order chi connectivity index (χ1) is 9.56. The van der Waals surface area contributed by atoms with E-state index in [1.165, 1.54) is 35.6 Å². The van der Waals surface area contributed by atoms with Gasteiger partial charge in [0.2, 0.25) is 0 Å². The van der Waals surface area contributed by atoms with Crippen molar-refractivity contribution in [2.75, 3.05) is 5.32 Å². The molecule has 0 radical (unpaired) electrons. The van der Waals surface area contributed by atoms with Gasteiger partial charge in [0, 0.05) is 10.4 Å². The minimum absolute atomic E-state index is 0.234. The monoisotopic (exact) mass is 288 g/mol. The maximum absolute atomic E-state index is 13.1. The lowest BCUT2D eigenvalue weighted by Crippen LogP contribution is -2.12. The Kier molecular flexibility index (Phi) is 4.16. The van der Waals surface area contributed by atoms with Crippen LogP contribution in [0.5, 0.6) is 0 Å². The molecular weight excluding hydrogens is 275 g/mol. The zero-order valence-corrected chi connectivity index (χ0v) is 12.0. The summed E-state index contributed by atoms with van der Waals surface area (Å²) >= 11 is 1.37. The fourth-order valence-electron chi connectivity index (χ4n) is 2.02. The Labute approximate surface area is 120 Å². The fraction of sp³-hybridized carbons (Fsp3) is 0.200. The highest BCUT2D eigenvalue weighted by molar-refractivity contribution is 7.16. The number of halogens is 1. The molecule has 3 nitrogen and oxygen atoms in total. The number of anilines is 1. The molecule has 0 aliphatic carbocycles. The van der Waals surface area contributed by atoms with Gasteiger partial charge in [0.25, 0.3) is 5.91 Å². The molecule has 102 valence electrons. The van der Waals surface area contributed by atoms with E-state index in [0.29, 0.717) is 10.6 Å². The largest absolute Gasteiger partial charge is 0.312 e. The number of benzene rings is 1. The first kappa shape index (κ1) is 14.2. The van der Waals surface area contributed by atoms with E-state index < -0.39 is 11.7 Å². The van der Waals surface area contributed by atoms with Gasteiger partial charge in [-0.2, -0.15) is 5.26 Å². The van der Waals surface area contributed by atoms with Crippen LogP contribution in [0.3, 0.4) is 0 Å². The lowest BCUT2D eigenvalue weighted by atomic mass is 10.1. The smallest absolute Gasteiger partial charge is 0.256 e. The first-order valence-electron chi connectivity index (χ1n) is 6.16. The molecule has 1 heterocycles. The summed E-state index contributed by atoms with van der Waals surface area (Å²) in [6, 6.07) is 7.59. The number of aryl methyl sites for hydroxylation is 1. The maximum atomic E-state index is 13.1. The molecule has 1 N–H and O–H groups in total. The van der Waals surface area contributed by atoms with E-state index in [2.05, 4.69) is 11.4 Å². The number of amides is 1. The van der Waals surface area contributed by atoms with Crippen LogP contribution in [0.1, 0.15) is 33.3 Å². The molecule has 0 fully saturated rings. The Hall–Kier alpha value is -2.19. The van der Waals surface area contributed by atoms with E-state index in [4.69, 9.17) is 0 Å². The van der Waals surface area contributed by atoms with E-state index in [0.717, 1.165) is 16.9 Å². The molecule has 0 aliphatic heterocycles. The van der Waals surface area contributed by atoms with Crippen molar-refractivity contribution in [1.29, 1.82) is 5.26 Å². The highest BCUT2D eigenvalue weighted by Crippen LogP contribution is 2.33. The summed E-state index contributed by atoms with van der Waals surface area (Å²) in [6.07, 6.45) is 0.737. The Balaban J connectivity index is 2.31. The van der Waals surface area contributed by atoms with Crippen LogP contribution in [0.25, 0.3) is 0 Å². The Morgan fingerprint density at radius 2 is 2.25 bits per heavy atom. The fourth-order valence-corrected chi connectivity index (χ4v) is 3.11. The summed E-state index contributed by atoms with van der Waals surface area (Å²) in [5, 5.41) is 12.4. The van der Waals surface area contributed by atoms with E-state index >= 15 is 0 Å². The van der Waals surface area contributed by atoms with E-state index in [9.17, 15) is 14.4 Å². The molecule has 2 aromatic rings. The minimum Gasteiger partial charge on any atom is -0.312 e. The lowest BCUT2D eigenvalue weighted by molar-refractivity contribution is 0.102.